The Morgan fingerprint density at radius 2 is 2.38 bits per heavy atom. The van der Waals surface area contributed by atoms with Crippen LogP contribution in [0.2, 0.25) is 0 Å². The number of hydrogen-bond donors (Lipinski definition) is 1. The number of fused-ring (bicyclic) bond motifs is 1. The average molecular weight is 178 g/mol. The molecule has 0 bridgehead atoms. The van der Waals surface area contributed by atoms with Crippen LogP contribution in [0.1, 0.15) is 42.0 Å². The van der Waals surface area contributed by atoms with Crippen LogP contribution >= 0.6 is 0 Å². The standard InChI is InChI=1S/C10H14N2O/c1-3-7-9-8(12-11-7)5-4-6(2)10(9)13/h6H,3-5H2,1-2H3,(H,11,12). The van der Waals surface area contributed by atoms with Crippen molar-refractivity contribution in [2.24, 2.45) is 5.92 Å². The van der Waals surface area contributed by atoms with Crippen molar-refractivity contribution in [1.82, 2.24) is 10.2 Å². The van der Waals surface area contributed by atoms with Crippen molar-refractivity contribution < 1.29 is 4.79 Å². The third kappa shape index (κ3) is 1.19. The number of hydrogen-bond acceptors (Lipinski definition) is 2. The van der Waals surface area contributed by atoms with E-state index in [0.717, 1.165) is 36.2 Å². The molecule has 0 fully saturated rings. The summed E-state index contributed by atoms with van der Waals surface area (Å²) in [5.74, 6) is 0.447. The number of carbonyl (C=O) groups excluding carboxylic acids is 1. The van der Waals surface area contributed by atoms with Crippen LogP contribution in [0.4, 0.5) is 0 Å². The zero-order valence-corrected chi connectivity index (χ0v) is 8.05. The highest BCUT2D eigenvalue weighted by Crippen LogP contribution is 2.26. The Kier molecular flexibility index (Phi) is 1.94. The van der Waals surface area contributed by atoms with E-state index in [1.807, 2.05) is 13.8 Å². The summed E-state index contributed by atoms with van der Waals surface area (Å²) in [7, 11) is 0. The second-order valence-corrected chi connectivity index (χ2v) is 3.68. The number of Topliss-reactive ketones (excluding diaryl/α,β-unsaturated/α-hetero) is 1. The van der Waals surface area contributed by atoms with E-state index in [0.29, 0.717) is 0 Å². The maximum atomic E-state index is 11.8. The largest absolute Gasteiger partial charge is 0.294 e. The molecule has 1 aromatic rings. The molecule has 1 aliphatic rings. The number of H-pyrrole nitrogens is 1. The van der Waals surface area contributed by atoms with Gasteiger partial charge < -0.3 is 0 Å². The monoisotopic (exact) mass is 178 g/mol. The van der Waals surface area contributed by atoms with E-state index in [4.69, 9.17) is 0 Å². The molecule has 0 amide bonds. The second kappa shape index (κ2) is 2.98. The van der Waals surface area contributed by atoms with Gasteiger partial charge in [-0.2, -0.15) is 5.10 Å². The van der Waals surface area contributed by atoms with Crippen molar-refractivity contribution >= 4 is 5.78 Å². The minimum absolute atomic E-state index is 0.176. The van der Waals surface area contributed by atoms with Crippen molar-refractivity contribution in [3.8, 4) is 0 Å². The fourth-order valence-electron chi connectivity index (χ4n) is 1.89. The van der Waals surface area contributed by atoms with Crippen molar-refractivity contribution in [3.63, 3.8) is 0 Å². The molecule has 0 aromatic carbocycles. The highest BCUT2D eigenvalue weighted by Gasteiger charge is 2.28. The highest BCUT2D eigenvalue weighted by molar-refractivity contribution is 6.00. The first kappa shape index (κ1) is 8.48. The van der Waals surface area contributed by atoms with Gasteiger partial charge in [-0.05, 0) is 19.3 Å². The van der Waals surface area contributed by atoms with Crippen molar-refractivity contribution in [1.29, 1.82) is 0 Å². The molecule has 3 heteroatoms. The number of aryl methyl sites for hydroxylation is 2. The van der Waals surface area contributed by atoms with Gasteiger partial charge in [0.15, 0.2) is 5.78 Å². The summed E-state index contributed by atoms with van der Waals surface area (Å²) >= 11 is 0. The molecular weight excluding hydrogens is 164 g/mol. The number of nitrogens with one attached hydrogen (secondary N) is 1. The fourth-order valence-corrected chi connectivity index (χ4v) is 1.89. The van der Waals surface area contributed by atoms with Gasteiger partial charge in [-0.3, -0.25) is 9.89 Å². The lowest BCUT2D eigenvalue weighted by Crippen LogP contribution is -2.20. The van der Waals surface area contributed by atoms with Crippen LogP contribution in [0.15, 0.2) is 0 Å². The number of aromatic nitrogens is 2. The van der Waals surface area contributed by atoms with Gasteiger partial charge in [0, 0.05) is 11.6 Å². The minimum Gasteiger partial charge on any atom is -0.294 e. The summed E-state index contributed by atoms with van der Waals surface area (Å²) in [6.07, 6.45) is 2.76. The highest BCUT2D eigenvalue weighted by atomic mass is 16.1. The van der Waals surface area contributed by atoms with Crippen LogP contribution in [-0.2, 0) is 12.8 Å². The molecule has 1 unspecified atom stereocenters. The van der Waals surface area contributed by atoms with E-state index >= 15 is 0 Å². The van der Waals surface area contributed by atoms with E-state index in [2.05, 4.69) is 10.2 Å². The molecule has 1 atom stereocenters. The lowest BCUT2D eigenvalue weighted by Gasteiger charge is -2.16. The predicted octanol–water partition coefficient (Wildman–Crippen LogP) is 1.74. The van der Waals surface area contributed by atoms with Gasteiger partial charge >= 0.3 is 0 Å². The van der Waals surface area contributed by atoms with Crippen molar-refractivity contribution in [3.05, 3.63) is 17.0 Å². The number of carbonyl (C=O) groups is 1. The molecule has 1 aliphatic carbocycles. The lowest BCUT2D eigenvalue weighted by molar-refractivity contribution is 0.0912. The van der Waals surface area contributed by atoms with E-state index in [1.165, 1.54) is 0 Å². The molecule has 0 saturated heterocycles. The maximum absolute atomic E-state index is 11.8. The van der Waals surface area contributed by atoms with Crippen LogP contribution in [0.3, 0.4) is 0 Å². The van der Waals surface area contributed by atoms with E-state index in [9.17, 15) is 4.79 Å². The molecule has 0 spiro atoms. The van der Waals surface area contributed by atoms with Crippen LogP contribution in [0.25, 0.3) is 0 Å². The molecule has 2 rings (SSSR count). The zero-order valence-electron chi connectivity index (χ0n) is 8.05. The number of rotatable bonds is 1. The van der Waals surface area contributed by atoms with Crippen LogP contribution in [-0.4, -0.2) is 16.0 Å². The maximum Gasteiger partial charge on any atom is 0.169 e. The molecule has 13 heavy (non-hydrogen) atoms. The molecule has 0 saturated carbocycles. The molecule has 0 radical (unpaired) electrons. The third-order valence-corrected chi connectivity index (χ3v) is 2.77. The number of aromatic amines is 1. The molecule has 1 N–H and O–H groups in total. The Balaban J connectivity index is 2.49. The van der Waals surface area contributed by atoms with Crippen LogP contribution < -0.4 is 0 Å². The Morgan fingerprint density at radius 3 is 3.08 bits per heavy atom. The summed E-state index contributed by atoms with van der Waals surface area (Å²) < 4.78 is 0. The summed E-state index contributed by atoms with van der Waals surface area (Å²) in [6.45, 7) is 4.03. The average Bonchev–Trinajstić information content (AvgIpc) is 2.55. The van der Waals surface area contributed by atoms with Gasteiger partial charge in [0.05, 0.1) is 11.3 Å². The van der Waals surface area contributed by atoms with Gasteiger partial charge in [-0.15, -0.1) is 0 Å². The predicted molar refractivity (Wildman–Crippen MR) is 49.8 cm³/mol. The topological polar surface area (TPSA) is 45.8 Å². The molecule has 1 heterocycles. The summed E-state index contributed by atoms with van der Waals surface area (Å²) in [4.78, 5) is 11.8. The molecule has 70 valence electrons. The normalized spacial score (nSPS) is 21.7. The van der Waals surface area contributed by atoms with E-state index in [1.54, 1.807) is 0 Å². The molecule has 3 nitrogen and oxygen atoms in total. The SMILES string of the molecule is CCc1n[nH]c2c1C(=O)C(C)CC2. The molecule has 0 aliphatic heterocycles. The van der Waals surface area contributed by atoms with Crippen LogP contribution in [0, 0.1) is 5.92 Å². The Labute approximate surface area is 77.5 Å². The summed E-state index contributed by atoms with van der Waals surface area (Å²) in [6, 6.07) is 0. The summed E-state index contributed by atoms with van der Waals surface area (Å²) in [5, 5.41) is 7.11. The van der Waals surface area contributed by atoms with Crippen molar-refractivity contribution in [2.75, 3.05) is 0 Å². The second-order valence-electron chi connectivity index (χ2n) is 3.68. The first-order valence-electron chi connectivity index (χ1n) is 4.84. The van der Waals surface area contributed by atoms with E-state index in [-0.39, 0.29) is 11.7 Å². The van der Waals surface area contributed by atoms with Crippen LogP contribution in [0.5, 0.6) is 0 Å². The first-order valence-corrected chi connectivity index (χ1v) is 4.84. The molecule has 1 aromatic heterocycles. The Hall–Kier alpha value is -1.12. The lowest BCUT2D eigenvalue weighted by atomic mass is 9.86. The quantitative estimate of drug-likeness (QED) is 0.712. The van der Waals surface area contributed by atoms with Gasteiger partial charge in [0.25, 0.3) is 0 Å². The van der Waals surface area contributed by atoms with Gasteiger partial charge in [-0.25, -0.2) is 0 Å². The van der Waals surface area contributed by atoms with Crippen molar-refractivity contribution in [2.45, 2.75) is 33.1 Å². The zero-order chi connectivity index (χ0) is 9.42. The Morgan fingerprint density at radius 1 is 1.62 bits per heavy atom. The molecular formula is C10H14N2O. The first-order chi connectivity index (χ1) is 6.24. The smallest absolute Gasteiger partial charge is 0.169 e. The number of nitrogens with zero attached hydrogens (tertiary/aromatic N) is 1. The number of ketones is 1. The minimum atomic E-state index is 0.176. The fraction of sp³-hybridized carbons (Fsp3) is 0.600. The van der Waals surface area contributed by atoms with Gasteiger partial charge in [0.2, 0.25) is 0 Å². The van der Waals surface area contributed by atoms with Gasteiger partial charge in [-0.1, -0.05) is 13.8 Å². The van der Waals surface area contributed by atoms with E-state index < -0.39 is 0 Å². The summed E-state index contributed by atoms with van der Waals surface area (Å²) in [5.41, 5.74) is 2.85. The van der Waals surface area contributed by atoms with Gasteiger partial charge in [0.1, 0.15) is 0 Å². The Bertz CT molecular complexity index is 327. The third-order valence-electron chi connectivity index (χ3n) is 2.77.